The van der Waals surface area contributed by atoms with E-state index in [1.807, 2.05) is 0 Å². The maximum Gasteiger partial charge on any atom is 0.325 e. The monoisotopic (exact) mass is 350 g/mol. The van der Waals surface area contributed by atoms with Gasteiger partial charge in [-0.25, -0.2) is 0 Å². The highest BCUT2D eigenvalue weighted by atomic mass is 32.2. The van der Waals surface area contributed by atoms with Crippen LogP contribution in [0.2, 0.25) is 0 Å². The van der Waals surface area contributed by atoms with Crippen LogP contribution in [-0.4, -0.2) is 48.2 Å². The largest absolute Gasteiger partial charge is 0.546 e. The van der Waals surface area contributed by atoms with Gasteiger partial charge in [-0.05, 0) is 35.5 Å². The third kappa shape index (κ3) is 4.35. The van der Waals surface area contributed by atoms with Gasteiger partial charge in [-0.1, -0.05) is 12.1 Å². The molecule has 1 heterocycles. The minimum absolute atomic E-state index is 0.140. The summed E-state index contributed by atoms with van der Waals surface area (Å²) in [5.74, 6) is -2.38. The number of hydrogen-bond donors (Lipinski definition) is 0. The van der Waals surface area contributed by atoms with Crippen LogP contribution in [0.15, 0.2) is 29.2 Å². The number of amides is 2. The summed E-state index contributed by atoms with van der Waals surface area (Å²) < 4.78 is 9.43. The molecule has 0 radical (unpaired) electrons. The van der Waals surface area contributed by atoms with E-state index in [0.717, 1.165) is 12.0 Å². The minimum Gasteiger partial charge on any atom is -0.546 e. The maximum atomic E-state index is 12.2. The summed E-state index contributed by atoms with van der Waals surface area (Å²) in [5.41, 5.74) is 0.536. The number of hydrogen-bond acceptors (Lipinski definition) is 8. The van der Waals surface area contributed by atoms with E-state index >= 15 is 0 Å². The molecule has 0 spiro atoms. The zero-order chi connectivity index (χ0) is 17.7. The van der Waals surface area contributed by atoms with Crippen LogP contribution < -0.4 is 9.84 Å². The number of aliphatic carboxylic acids is 1. The number of ether oxygens (including phenoxy) is 2. The summed E-state index contributed by atoms with van der Waals surface area (Å²) in [7, 11) is 1.16. The number of esters is 1. The quantitative estimate of drug-likeness (QED) is 0.521. The molecule has 0 N–H and O–H groups in total. The zero-order valence-corrected chi connectivity index (χ0v) is 13.3. The Morgan fingerprint density at radius 2 is 2.08 bits per heavy atom. The molecule has 8 nitrogen and oxygen atoms in total. The number of carboxylic acid groups (broad SMARTS) is 1. The van der Waals surface area contributed by atoms with Crippen molar-refractivity contribution in [2.45, 2.75) is 0 Å². The third-order valence-electron chi connectivity index (χ3n) is 2.90. The lowest BCUT2D eigenvalue weighted by molar-refractivity contribution is -0.307. The number of methoxy groups -OCH3 is 1. The summed E-state index contributed by atoms with van der Waals surface area (Å²) in [4.78, 5) is 46.5. The molecule has 126 valence electrons. The molecule has 0 bridgehead atoms. The van der Waals surface area contributed by atoms with Crippen molar-refractivity contribution in [2.75, 3.05) is 20.3 Å². The van der Waals surface area contributed by atoms with Crippen LogP contribution in [0, 0.1) is 0 Å². The van der Waals surface area contributed by atoms with Crippen LogP contribution in [0.3, 0.4) is 0 Å². The number of thioether (sulfide) groups is 1. The number of nitrogens with zero attached hydrogens (tertiary/aromatic N) is 1. The number of carboxylic acids is 1. The summed E-state index contributed by atoms with van der Waals surface area (Å²) >= 11 is 0.699. The van der Waals surface area contributed by atoms with Crippen molar-refractivity contribution in [3.8, 4) is 5.75 Å². The van der Waals surface area contributed by atoms with Crippen molar-refractivity contribution in [3.05, 3.63) is 34.7 Å². The Kier molecular flexibility index (Phi) is 5.59. The van der Waals surface area contributed by atoms with E-state index in [9.17, 15) is 24.3 Å². The first-order chi connectivity index (χ1) is 11.4. The highest BCUT2D eigenvalue weighted by molar-refractivity contribution is 8.18. The van der Waals surface area contributed by atoms with E-state index < -0.39 is 36.2 Å². The van der Waals surface area contributed by atoms with E-state index in [1.54, 1.807) is 18.2 Å². The van der Waals surface area contributed by atoms with Crippen LogP contribution in [0.4, 0.5) is 4.79 Å². The standard InChI is InChI=1S/C15H13NO7S/c1-22-13(19)7-16-14(20)11(24-15(16)21)6-9-3-2-4-10(5-9)23-8-12(17)18/h2-6H,7-8H2,1H3,(H,17,18)/p-1/b11-6+. The first-order valence-electron chi connectivity index (χ1n) is 6.65. The second kappa shape index (κ2) is 7.64. The highest BCUT2D eigenvalue weighted by Gasteiger charge is 2.36. The Bertz CT molecular complexity index is 728. The number of carbonyl (C=O) groups is 4. The fourth-order valence-electron chi connectivity index (χ4n) is 1.82. The first kappa shape index (κ1) is 17.5. The maximum absolute atomic E-state index is 12.2. The molecular weight excluding hydrogens is 338 g/mol. The van der Waals surface area contributed by atoms with Crippen molar-refractivity contribution in [1.29, 1.82) is 0 Å². The van der Waals surface area contributed by atoms with Crippen molar-refractivity contribution >= 4 is 40.9 Å². The van der Waals surface area contributed by atoms with Gasteiger partial charge in [0.2, 0.25) is 0 Å². The lowest BCUT2D eigenvalue weighted by Crippen LogP contribution is -2.34. The lowest BCUT2D eigenvalue weighted by atomic mass is 10.2. The molecule has 1 aromatic rings. The van der Waals surface area contributed by atoms with Crippen molar-refractivity contribution in [2.24, 2.45) is 0 Å². The highest BCUT2D eigenvalue weighted by Crippen LogP contribution is 2.32. The van der Waals surface area contributed by atoms with Crippen molar-refractivity contribution < 1.29 is 33.8 Å². The van der Waals surface area contributed by atoms with Crippen LogP contribution in [0.25, 0.3) is 6.08 Å². The minimum atomic E-state index is -1.36. The molecule has 9 heteroatoms. The van der Waals surface area contributed by atoms with E-state index in [0.29, 0.717) is 17.3 Å². The van der Waals surface area contributed by atoms with Gasteiger partial charge in [-0.2, -0.15) is 0 Å². The van der Waals surface area contributed by atoms with Crippen LogP contribution in [-0.2, 0) is 19.1 Å². The molecule has 24 heavy (non-hydrogen) atoms. The van der Waals surface area contributed by atoms with Crippen LogP contribution >= 0.6 is 11.8 Å². The van der Waals surface area contributed by atoms with E-state index in [2.05, 4.69) is 4.74 Å². The Labute approximate surface area is 141 Å². The normalized spacial score (nSPS) is 15.7. The SMILES string of the molecule is COC(=O)CN1C(=O)S/C(=C/c2cccc(OCC(=O)[O-])c2)C1=O. The lowest BCUT2D eigenvalue weighted by Gasteiger charge is -2.09. The second-order valence-electron chi connectivity index (χ2n) is 4.58. The predicted octanol–water partition coefficient (Wildman–Crippen LogP) is 0.0246. The molecule has 2 amide bonds. The van der Waals surface area contributed by atoms with Gasteiger partial charge in [0.15, 0.2) is 0 Å². The number of carbonyl (C=O) groups excluding carboxylic acids is 4. The Hall–Kier alpha value is -2.81. The van der Waals surface area contributed by atoms with Crippen molar-refractivity contribution in [1.82, 2.24) is 4.90 Å². The molecule has 1 saturated heterocycles. The average molecular weight is 350 g/mol. The molecule has 0 unspecified atom stereocenters. The number of imide groups is 1. The summed E-state index contributed by atoms with van der Waals surface area (Å²) in [6, 6.07) is 6.32. The zero-order valence-electron chi connectivity index (χ0n) is 12.5. The average Bonchev–Trinajstić information content (AvgIpc) is 2.80. The molecule has 1 aliphatic heterocycles. The van der Waals surface area contributed by atoms with Gasteiger partial charge in [0.05, 0.1) is 18.0 Å². The van der Waals surface area contributed by atoms with E-state index in [1.165, 1.54) is 12.1 Å². The molecule has 0 aliphatic carbocycles. The smallest absolute Gasteiger partial charge is 0.325 e. The van der Waals surface area contributed by atoms with Crippen LogP contribution in [0.5, 0.6) is 5.75 Å². The predicted molar refractivity (Wildman–Crippen MR) is 81.6 cm³/mol. The molecule has 1 aliphatic rings. The molecule has 1 aromatic carbocycles. The Balaban J connectivity index is 2.15. The summed E-state index contributed by atoms with van der Waals surface area (Å²) in [6.45, 7) is -1.05. The topological polar surface area (TPSA) is 113 Å². The van der Waals surface area contributed by atoms with Gasteiger partial charge in [0.1, 0.15) is 18.9 Å². The van der Waals surface area contributed by atoms with Crippen LogP contribution in [0.1, 0.15) is 5.56 Å². The Morgan fingerprint density at radius 1 is 1.33 bits per heavy atom. The fourth-order valence-corrected chi connectivity index (χ4v) is 2.66. The van der Waals surface area contributed by atoms with Gasteiger partial charge in [0.25, 0.3) is 11.1 Å². The summed E-state index contributed by atoms with van der Waals surface area (Å²) in [6.07, 6.45) is 1.45. The van der Waals surface area contributed by atoms with Gasteiger partial charge in [0, 0.05) is 0 Å². The second-order valence-corrected chi connectivity index (χ2v) is 5.57. The van der Waals surface area contributed by atoms with Gasteiger partial charge in [-0.3, -0.25) is 19.3 Å². The summed E-state index contributed by atoms with van der Waals surface area (Å²) in [5, 5.41) is 9.82. The molecule has 0 aromatic heterocycles. The number of rotatable bonds is 6. The van der Waals surface area contributed by atoms with Crippen molar-refractivity contribution in [3.63, 3.8) is 0 Å². The van der Waals surface area contributed by atoms with E-state index in [4.69, 9.17) is 4.74 Å². The molecule has 0 atom stereocenters. The molecule has 2 rings (SSSR count). The van der Waals surface area contributed by atoms with Gasteiger partial charge >= 0.3 is 5.97 Å². The Morgan fingerprint density at radius 3 is 2.75 bits per heavy atom. The first-order valence-corrected chi connectivity index (χ1v) is 7.47. The van der Waals surface area contributed by atoms with E-state index in [-0.39, 0.29) is 10.7 Å². The molecule has 0 saturated carbocycles. The molecular formula is C15H12NO7S-. The molecule has 1 fully saturated rings. The number of benzene rings is 1. The van der Waals surface area contributed by atoms with Gasteiger partial charge < -0.3 is 19.4 Å². The van der Waals surface area contributed by atoms with Gasteiger partial charge in [-0.15, -0.1) is 0 Å². The third-order valence-corrected chi connectivity index (χ3v) is 3.81. The fraction of sp³-hybridized carbons (Fsp3) is 0.200.